The van der Waals surface area contributed by atoms with Gasteiger partial charge in [-0.05, 0) is 172 Å². The Labute approximate surface area is 694 Å². The Morgan fingerprint density at radius 1 is 0.483 bits per heavy atom. The van der Waals surface area contributed by atoms with Crippen LogP contribution >= 0.6 is 0 Å². The fraction of sp³-hybridized carbons (Fsp3) is 0.432. The smallest absolute Gasteiger partial charge is 0.407 e. The number of methoxy groups -OCH3 is 2. The monoisotopic (exact) mass is 1600 g/mol. The van der Waals surface area contributed by atoms with Gasteiger partial charge in [0.15, 0.2) is 0 Å². The van der Waals surface area contributed by atoms with Gasteiger partial charge in [0.2, 0.25) is 23.6 Å². The summed E-state index contributed by atoms with van der Waals surface area (Å²) in [5.41, 5.74) is 19.3. The molecule has 0 saturated carbocycles. The lowest BCUT2D eigenvalue weighted by Crippen LogP contribution is -2.51. The van der Waals surface area contributed by atoms with E-state index in [0.717, 1.165) is 204 Å². The van der Waals surface area contributed by atoms with Crippen LogP contribution in [0.4, 0.5) is 4.79 Å². The van der Waals surface area contributed by atoms with Crippen LogP contribution in [0, 0.1) is 17.8 Å². The summed E-state index contributed by atoms with van der Waals surface area (Å²) in [5.74, 6) is 2.10. The van der Waals surface area contributed by atoms with E-state index in [1.807, 2.05) is 117 Å². The number of alkyl carbamates (subject to hydrolysis) is 1. The maximum Gasteiger partial charge on any atom is 0.407 e. The zero-order valence-corrected chi connectivity index (χ0v) is 71.0. The number of carbonyl (C=O) groups excluding carboxylic acids is 6. The number of hydrogen-bond acceptors (Lipinski definition) is 14. The van der Waals surface area contributed by atoms with Crippen molar-refractivity contribution in [1.82, 2.24) is 74.6 Å². The molecule has 10 aromatic rings. The molecule has 23 heteroatoms. The van der Waals surface area contributed by atoms with Crippen molar-refractivity contribution >= 4 is 35.7 Å². The third-order valence-electron chi connectivity index (χ3n) is 24.8. The molecule has 620 valence electrons. The van der Waals surface area contributed by atoms with Crippen molar-refractivity contribution < 1.29 is 38.2 Å². The van der Waals surface area contributed by atoms with Gasteiger partial charge in [-0.15, -0.1) is 0 Å². The van der Waals surface area contributed by atoms with E-state index in [0.29, 0.717) is 6.54 Å². The summed E-state index contributed by atoms with van der Waals surface area (Å²) in [6.07, 6.45) is 12.2. The molecule has 118 heavy (non-hydrogen) atoms. The molecule has 2 fully saturated rings. The highest BCUT2D eigenvalue weighted by molar-refractivity contribution is 5.88. The number of carbonyl (C=O) groups is 6. The number of aryl methyl sites for hydroxylation is 4. The van der Waals surface area contributed by atoms with Crippen LogP contribution < -0.4 is 5.32 Å². The molecule has 0 radical (unpaired) electrons. The van der Waals surface area contributed by atoms with Gasteiger partial charge in [0, 0.05) is 49.7 Å². The molecule has 2 saturated heterocycles. The first kappa shape index (κ1) is 84.6. The average molecular weight is 1600 g/mol. The number of nitrogens with zero attached hydrogens (tertiary/aromatic N) is 10. The van der Waals surface area contributed by atoms with Gasteiger partial charge in [-0.25, -0.2) is 24.7 Å². The summed E-state index contributed by atoms with van der Waals surface area (Å²) in [7, 11) is 6.31. The Morgan fingerprint density at radius 3 is 1.34 bits per heavy atom. The maximum atomic E-state index is 14.3. The third kappa shape index (κ3) is 18.2. The van der Waals surface area contributed by atoms with Crippen LogP contribution in [-0.4, -0.2) is 179 Å². The van der Waals surface area contributed by atoms with Crippen molar-refractivity contribution in [2.24, 2.45) is 17.8 Å². The zero-order chi connectivity index (χ0) is 83.6. The van der Waals surface area contributed by atoms with Crippen LogP contribution in [0.5, 0.6) is 0 Å². The number of likely N-dealkylation sites (N-methyl/N-ethyl adjacent to an activating group) is 3. The molecule has 0 bridgehead atoms. The second-order valence-electron chi connectivity index (χ2n) is 32.6. The van der Waals surface area contributed by atoms with Crippen LogP contribution in [0.25, 0.3) is 67.3 Å². The van der Waals surface area contributed by atoms with Gasteiger partial charge in [-0.1, -0.05) is 201 Å². The number of aromatic nitrogens is 8. The van der Waals surface area contributed by atoms with Crippen LogP contribution in [-0.2, 0) is 59.1 Å². The minimum Gasteiger partial charge on any atom is -0.469 e. The molecule has 2 aliphatic carbocycles. The predicted octanol–water partition coefficient (Wildman–Crippen LogP) is 17.0. The first-order valence-corrected chi connectivity index (χ1v) is 42.4. The molecule has 4 aliphatic rings. The number of imidazole rings is 4. The molecule has 5 amide bonds. The van der Waals surface area contributed by atoms with E-state index < -0.39 is 24.0 Å². The minimum atomic E-state index is -0.686. The molecule has 14 rings (SSSR count). The van der Waals surface area contributed by atoms with Gasteiger partial charge in [0.1, 0.15) is 41.4 Å². The highest BCUT2D eigenvalue weighted by atomic mass is 16.5. The Bertz CT molecular complexity index is 5120. The molecule has 6 aromatic carbocycles. The number of amides is 5. The number of rotatable bonds is 27. The summed E-state index contributed by atoms with van der Waals surface area (Å²) >= 11 is 0. The van der Waals surface area contributed by atoms with Gasteiger partial charge in [0.25, 0.3) is 0 Å². The van der Waals surface area contributed by atoms with E-state index >= 15 is 0 Å². The molecule has 4 aromatic heterocycles. The molecule has 8 atom stereocenters. The average Bonchev–Trinajstić information content (AvgIpc) is 1.62. The Kier molecular flexibility index (Phi) is 27.2. The highest BCUT2D eigenvalue weighted by Gasteiger charge is 2.41. The molecule has 0 unspecified atom stereocenters. The standard InChI is InChI=1S/C52H62N8O2.C43H55N7O6/c1-7-58(8-2)47(38-19-13-11-14-20-38)51(61)57(6)35(5)49-54-43-24-17-23-41-33-40(30-31-42(41)46(43)56-49)36-26-28-37(29-27-36)44-34-53-50(55-44)45-25-18-32-60(45)52(62)48(59(9-3)10-4)39-21-15-12-16-22-39;1-24(2)32(22-36(51)55-7)41(52)49(6)26(5)39-45-33-12-9-11-30-21-29(18-19-31(30)38(33)47-39)27-14-16-28(17-15-27)34-23-44-40(46-34)35-13-10-20-50(35)42(53)37(25(3)4)48-43(54)56-8/h11-16,19-22,26-31,33-35,45,47-48H,7-10,17-18,23-25,32H2,1-6H3,(H,53,55)(H,54,56);14-19,21,23-26,32,35,37H,9-13,20,22H2,1-8H3,(H,44,46)(H,45,47)(H,48,54)/t35-,45-,47+,48+;26-,32-,35-,37-/m00/s1. The number of H-pyrrole nitrogens is 4. The fourth-order valence-electron chi connectivity index (χ4n) is 17.6. The van der Waals surface area contributed by atoms with Crippen LogP contribution in [0.3, 0.4) is 0 Å². The van der Waals surface area contributed by atoms with E-state index in [9.17, 15) is 28.8 Å². The lowest BCUT2D eigenvalue weighted by molar-refractivity contribution is -0.148. The van der Waals surface area contributed by atoms with Gasteiger partial charge in [-0.2, -0.15) is 0 Å². The molecular formula is C95H117N15O8. The van der Waals surface area contributed by atoms with Crippen molar-refractivity contribution in [1.29, 1.82) is 0 Å². The number of benzene rings is 6. The first-order valence-electron chi connectivity index (χ1n) is 42.4. The van der Waals surface area contributed by atoms with Crippen LogP contribution in [0.15, 0.2) is 158 Å². The number of likely N-dealkylation sites (tertiary alicyclic amines) is 2. The number of aromatic amines is 4. The summed E-state index contributed by atoms with van der Waals surface area (Å²) < 4.78 is 9.62. The van der Waals surface area contributed by atoms with E-state index in [-0.39, 0.29) is 78.1 Å². The normalized spacial score (nSPS) is 16.6. The van der Waals surface area contributed by atoms with Gasteiger partial charge >= 0.3 is 12.1 Å². The van der Waals surface area contributed by atoms with E-state index in [4.69, 9.17) is 29.4 Å². The number of hydrogen-bond donors (Lipinski definition) is 5. The second kappa shape index (κ2) is 38.0. The minimum absolute atomic E-state index is 0.0188. The largest absolute Gasteiger partial charge is 0.469 e. The zero-order valence-electron chi connectivity index (χ0n) is 71.0. The van der Waals surface area contributed by atoms with Crippen molar-refractivity contribution in [3.63, 3.8) is 0 Å². The molecular weight excluding hydrogens is 1480 g/mol. The van der Waals surface area contributed by atoms with Gasteiger partial charge < -0.3 is 54.3 Å². The van der Waals surface area contributed by atoms with Crippen LogP contribution in [0.1, 0.15) is 207 Å². The lowest BCUT2D eigenvalue weighted by Gasteiger charge is -2.34. The van der Waals surface area contributed by atoms with Crippen molar-refractivity contribution in [3.8, 4) is 67.3 Å². The highest BCUT2D eigenvalue weighted by Crippen LogP contribution is 2.42. The summed E-state index contributed by atoms with van der Waals surface area (Å²) in [6.45, 7) is 24.7. The van der Waals surface area contributed by atoms with Gasteiger partial charge in [0.05, 0.1) is 85.9 Å². The van der Waals surface area contributed by atoms with Gasteiger partial charge in [-0.3, -0.25) is 33.8 Å². The maximum absolute atomic E-state index is 14.3. The first-order chi connectivity index (χ1) is 57.0. The van der Waals surface area contributed by atoms with Crippen molar-refractivity contribution in [2.45, 2.75) is 182 Å². The predicted molar refractivity (Wildman–Crippen MR) is 461 cm³/mol. The molecule has 5 N–H and O–H groups in total. The third-order valence-corrected chi connectivity index (χ3v) is 24.8. The molecule has 23 nitrogen and oxygen atoms in total. The van der Waals surface area contributed by atoms with E-state index in [2.05, 4.69) is 167 Å². The lowest BCUT2D eigenvalue weighted by atomic mass is 9.90. The number of fused-ring (bicyclic) bond motifs is 6. The fourth-order valence-corrected chi connectivity index (χ4v) is 17.6. The summed E-state index contributed by atoms with van der Waals surface area (Å²) in [5, 5.41) is 2.70. The Hall–Kier alpha value is -11.3. The molecule has 0 spiro atoms. The topological polar surface area (TPSA) is 267 Å². The van der Waals surface area contributed by atoms with Crippen LogP contribution in [0.2, 0.25) is 0 Å². The summed E-state index contributed by atoms with van der Waals surface area (Å²) in [6, 6.07) is 48.4. The number of nitrogens with one attached hydrogen (secondary N) is 5. The number of esters is 1. The van der Waals surface area contributed by atoms with E-state index in [1.165, 1.54) is 30.9 Å². The van der Waals surface area contributed by atoms with Crippen molar-refractivity contribution in [3.05, 3.63) is 215 Å². The summed E-state index contributed by atoms with van der Waals surface area (Å²) in [4.78, 5) is 126. The van der Waals surface area contributed by atoms with Crippen molar-refractivity contribution in [2.75, 3.05) is 67.6 Å². The Morgan fingerprint density at radius 2 is 0.907 bits per heavy atom. The van der Waals surface area contributed by atoms with E-state index in [1.54, 1.807) is 11.9 Å². The SMILES string of the molecule is CCN(CC)[C@@H](C(=O)N(C)[C@@H](C)c1nc2c([nH]1)CCCc1cc(-c3ccc(-c4cnc([C@@H]5CCCN5C(=O)[C@@H](c5ccccc5)N(CC)CC)[nH]4)cc3)ccc1-2)c1ccccc1.COC(=O)C[C@H](C(=O)N(C)[C@@H](C)c1nc2c([nH]1)CCCc1cc(-c3ccc(-c4cnc([C@@H]5CCCN5C(=O)[C@@H](NC(=O)OC)C(C)C)[nH]4)cc3)ccc1-2)C(C)C. The Balaban J connectivity index is 0.000000206. The molecule has 6 heterocycles. The quantitative estimate of drug-likeness (QED) is 0.0300. The second-order valence-corrected chi connectivity index (χ2v) is 32.6. The number of ether oxygens (including phenoxy) is 2. The molecule has 2 aliphatic heterocycles.